The monoisotopic (exact) mass is 438 g/mol. The van der Waals surface area contributed by atoms with Crippen LogP contribution < -0.4 is 5.32 Å². The van der Waals surface area contributed by atoms with Crippen molar-refractivity contribution >= 4 is 17.2 Å². The maximum atomic E-state index is 14.5. The minimum absolute atomic E-state index is 0.270. The summed E-state index contributed by atoms with van der Waals surface area (Å²) in [6.45, 7) is 2.40. The van der Waals surface area contributed by atoms with Gasteiger partial charge in [-0.15, -0.1) is 0 Å². The van der Waals surface area contributed by atoms with E-state index in [0.29, 0.717) is 34.7 Å². The lowest BCUT2D eigenvalue weighted by atomic mass is 9.78. The van der Waals surface area contributed by atoms with Crippen LogP contribution in [0.4, 0.5) is 20.3 Å². The van der Waals surface area contributed by atoms with Crippen LogP contribution >= 0.6 is 0 Å². The SMILES string of the molecule is COCCC1CC(n2cc(Nc3ncc(-c4cc(C)c(F)cc4F)n4ccnc34)cn2)C1. The Kier molecular flexibility index (Phi) is 5.34. The van der Waals surface area contributed by atoms with Gasteiger partial charge in [-0.1, -0.05) is 0 Å². The molecule has 0 radical (unpaired) electrons. The molecular weight excluding hydrogens is 414 g/mol. The number of rotatable bonds is 7. The Balaban J connectivity index is 1.37. The second-order valence-electron chi connectivity index (χ2n) is 8.30. The molecular formula is C23H24F2N6O. The number of nitrogens with one attached hydrogen (secondary N) is 1. The molecule has 3 heterocycles. The molecule has 1 aliphatic rings. The molecule has 9 heteroatoms. The molecule has 4 aromatic rings. The van der Waals surface area contributed by atoms with E-state index in [0.717, 1.165) is 37.6 Å². The van der Waals surface area contributed by atoms with Crippen molar-refractivity contribution in [1.82, 2.24) is 24.1 Å². The van der Waals surface area contributed by atoms with E-state index in [1.807, 2.05) is 10.9 Å². The van der Waals surface area contributed by atoms with Crippen LogP contribution in [0.25, 0.3) is 16.9 Å². The molecule has 0 aliphatic heterocycles. The average Bonchev–Trinajstić information content (AvgIpc) is 3.40. The zero-order chi connectivity index (χ0) is 22.2. The van der Waals surface area contributed by atoms with Gasteiger partial charge in [-0.05, 0) is 43.7 Å². The Bertz CT molecular complexity index is 1260. The number of hydrogen-bond acceptors (Lipinski definition) is 5. The van der Waals surface area contributed by atoms with Gasteiger partial charge in [0.05, 0.1) is 29.8 Å². The number of methoxy groups -OCH3 is 1. The normalized spacial score (nSPS) is 18.1. The summed E-state index contributed by atoms with van der Waals surface area (Å²) in [6.07, 6.45) is 11.9. The first kappa shape index (κ1) is 20.6. The number of hydrogen-bond donors (Lipinski definition) is 1. The van der Waals surface area contributed by atoms with Crippen molar-refractivity contribution in [2.24, 2.45) is 5.92 Å². The number of aromatic nitrogens is 5. The van der Waals surface area contributed by atoms with Gasteiger partial charge in [0.2, 0.25) is 0 Å². The standard InChI is InChI=1S/C23H24F2N6O/c1-14-7-18(20(25)10-19(14)24)21-12-27-22(23-26-4-5-30(21)23)29-16-11-28-31(13-16)17-8-15(9-17)3-6-32-2/h4-5,7,10-13,15,17H,3,6,8-9H2,1-2H3,(H,27,29). The molecule has 1 N–H and O–H groups in total. The summed E-state index contributed by atoms with van der Waals surface area (Å²) in [5.74, 6) is 0.00276. The van der Waals surface area contributed by atoms with E-state index in [-0.39, 0.29) is 5.56 Å². The summed E-state index contributed by atoms with van der Waals surface area (Å²) < 4.78 is 37.1. The van der Waals surface area contributed by atoms with E-state index in [1.165, 1.54) is 6.07 Å². The fraction of sp³-hybridized carbons (Fsp3) is 0.348. The third-order valence-electron chi connectivity index (χ3n) is 6.13. The van der Waals surface area contributed by atoms with E-state index in [1.54, 1.807) is 43.2 Å². The molecule has 0 saturated heterocycles. The highest BCUT2D eigenvalue weighted by Crippen LogP contribution is 2.40. The first-order valence-corrected chi connectivity index (χ1v) is 10.6. The van der Waals surface area contributed by atoms with Gasteiger partial charge in [-0.3, -0.25) is 9.08 Å². The molecule has 1 aliphatic carbocycles. The van der Waals surface area contributed by atoms with Crippen LogP contribution in [0.5, 0.6) is 0 Å². The number of benzene rings is 1. The third-order valence-corrected chi connectivity index (χ3v) is 6.13. The molecule has 0 amide bonds. The third kappa shape index (κ3) is 3.73. The van der Waals surface area contributed by atoms with E-state index in [9.17, 15) is 8.78 Å². The van der Waals surface area contributed by atoms with E-state index in [2.05, 4.69) is 20.4 Å². The summed E-state index contributed by atoms with van der Waals surface area (Å²) in [6, 6.07) is 2.78. The Hall–Kier alpha value is -3.33. The number of aryl methyl sites for hydroxylation is 1. The second-order valence-corrected chi connectivity index (χ2v) is 8.30. The maximum absolute atomic E-state index is 14.5. The summed E-state index contributed by atoms with van der Waals surface area (Å²) >= 11 is 0. The number of halogens is 2. The Morgan fingerprint density at radius 1 is 1.16 bits per heavy atom. The van der Waals surface area contributed by atoms with Crippen molar-refractivity contribution in [3.05, 3.63) is 60.3 Å². The lowest BCUT2D eigenvalue weighted by Crippen LogP contribution is -2.27. The highest BCUT2D eigenvalue weighted by Gasteiger charge is 2.30. The molecule has 1 saturated carbocycles. The van der Waals surface area contributed by atoms with Crippen LogP contribution in [-0.2, 0) is 4.74 Å². The summed E-state index contributed by atoms with van der Waals surface area (Å²) in [5, 5.41) is 7.76. The van der Waals surface area contributed by atoms with Crippen molar-refractivity contribution in [3.8, 4) is 11.3 Å². The van der Waals surface area contributed by atoms with E-state index < -0.39 is 11.6 Å². The zero-order valence-electron chi connectivity index (χ0n) is 17.9. The van der Waals surface area contributed by atoms with Gasteiger partial charge in [-0.2, -0.15) is 5.10 Å². The van der Waals surface area contributed by atoms with Gasteiger partial charge in [0.15, 0.2) is 11.5 Å². The minimum atomic E-state index is -0.642. The number of ether oxygens (including phenoxy) is 1. The lowest BCUT2D eigenvalue weighted by molar-refractivity contribution is 0.117. The number of fused-ring (bicyclic) bond motifs is 1. The van der Waals surface area contributed by atoms with Gasteiger partial charge in [0.1, 0.15) is 11.6 Å². The highest BCUT2D eigenvalue weighted by molar-refractivity contribution is 5.74. The molecule has 3 aromatic heterocycles. The average molecular weight is 438 g/mol. The first-order chi connectivity index (χ1) is 15.5. The molecule has 32 heavy (non-hydrogen) atoms. The van der Waals surface area contributed by atoms with Gasteiger partial charge in [0.25, 0.3) is 0 Å². The predicted octanol–water partition coefficient (Wildman–Crippen LogP) is 4.91. The van der Waals surface area contributed by atoms with Crippen LogP contribution in [0.2, 0.25) is 0 Å². The predicted molar refractivity (Wildman–Crippen MR) is 117 cm³/mol. The van der Waals surface area contributed by atoms with E-state index in [4.69, 9.17) is 4.74 Å². The minimum Gasteiger partial charge on any atom is -0.385 e. The largest absolute Gasteiger partial charge is 0.385 e. The Labute approximate surface area is 184 Å². The Morgan fingerprint density at radius 2 is 2.00 bits per heavy atom. The van der Waals surface area contributed by atoms with Gasteiger partial charge >= 0.3 is 0 Å². The van der Waals surface area contributed by atoms with Crippen LogP contribution in [0, 0.1) is 24.5 Å². The van der Waals surface area contributed by atoms with E-state index >= 15 is 0 Å². The van der Waals surface area contributed by atoms with Crippen LogP contribution in [-0.4, -0.2) is 37.9 Å². The summed E-state index contributed by atoms with van der Waals surface area (Å²) in [7, 11) is 1.73. The fourth-order valence-electron chi connectivity index (χ4n) is 4.24. The Morgan fingerprint density at radius 3 is 2.81 bits per heavy atom. The molecule has 0 unspecified atom stereocenters. The topological polar surface area (TPSA) is 69.3 Å². The lowest BCUT2D eigenvalue weighted by Gasteiger charge is -2.35. The maximum Gasteiger partial charge on any atom is 0.180 e. The molecule has 0 atom stereocenters. The number of nitrogens with zero attached hydrogens (tertiary/aromatic N) is 5. The molecule has 1 aromatic carbocycles. The zero-order valence-corrected chi connectivity index (χ0v) is 17.9. The fourth-order valence-corrected chi connectivity index (χ4v) is 4.24. The van der Waals surface area contributed by atoms with Crippen LogP contribution in [0.15, 0.2) is 43.1 Å². The van der Waals surface area contributed by atoms with Gasteiger partial charge < -0.3 is 10.1 Å². The molecule has 0 bridgehead atoms. The molecule has 1 fully saturated rings. The summed E-state index contributed by atoms with van der Waals surface area (Å²) in [4.78, 5) is 8.85. The van der Waals surface area contributed by atoms with Crippen molar-refractivity contribution < 1.29 is 13.5 Å². The number of anilines is 2. The van der Waals surface area contributed by atoms with Gasteiger partial charge in [0, 0.05) is 43.9 Å². The molecule has 0 spiro atoms. The quantitative estimate of drug-likeness (QED) is 0.444. The number of imidazole rings is 1. The van der Waals surface area contributed by atoms with Gasteiger partial charge in [-0.25, -0.2) is 18.7 Å². The smallest absolute Gasteiger partial charge is 0.180 e. The van der Waals surface area contributed by atoms with Crippen molar-refractivity contribution in [1.29, 1.82) is 0 Å². The molecule has 5 rings (SSSR count). The first-order valence-electron chi connectivity index (χ1n) is 10.6. The van der Waals surface area contributed by atoms with Crippen LogP contribution in [0.3, 0.4) is 0 Å². The molecule has 166 valence electrons. The highest BCUT2D eigenvalue weighted by atomic mass is 19.1. The van der Waals surface area contributed by atoms with Crippen LogP contribution in [0.1, 0.15) is 30.9 Å². The second kappa shape index (κ2) is 8.31. The van der Waals surface area contributed by atoms with Crippen molar-refractivity contribution in [2.45, 2.75) is 32.2 Å². The van der Waals surface area contributed by atoms with Crippen molar-refractivity contribution in [2.75, 3.05) is 19.0 Å². The van der Waals surface area contributed by atoms with Crippen molar-refractivity contribution in [3.63, 3.8) is 0 Å². The molecule has 7 nitrogen and oxygen atoms in total. The summed E-state index contributed by atoms with van der Waals surface area (Å²) in [5.41, 5.74) is 2.48.